The van der Waals surface area contributed by atoms with Gasteiger partial charge in [-0.05, 0) is 12.1 Å². The third kappa shape index (κ3) is 1.96. The van der Waals surface area contributed by atoms with Crippen molar-refractivity contribution in [3.63, 3.8) is 0 Å². The molecule has 0 atom stereocenters. The van der Waals surface area contributed by atoms with E-state index in [2.05, 4.69) is 11.0 Å². The van der Waals surface area contributed by atoms with Gasteiger partial charge in [-0.25, -0.2) is 0 Å². The number of hydrogen-bond donors (Lipinski definition) is 1. The summed E-state index contributed by atoms with van der Waals surface area (Å²) in [4.78, 5) is 12.8. The van der Waals surface area contributed by atoms with Crippen molar-refractivity contribution in [2.45, 2.75) is 6.54 Å². The molecule has 2 aromatic heterocycles. The molecule has 1 saturated heterocycles. The summed E-state index contributed by atoms with van der Waals surface area (Å²) in [5, 5.41) is 18.1. The average molecular weight is 255 g/mol. The Hall–Kier alpha value is -2.32. The van der Waals surface area contributed by atoms with Crippen molar-refractivity contribution in [2.24, 2.45) is 5.92 Å². The molecule has 0 aliphatic carbocycles. The highest BCUT2D eigenvalue weighted by atomic mass is 16.4. The molecule has 19 heavy (non-hydrogen) atoms. The summed E-state index contributed by atoms with van der Waals surface area (Å²) in [6.45, 7) is 1.76. The minimum Gasteiger partial charge on any atom is -0.481 e. The van der Waals surface area contributed by atoms with Gasteiger partial charge in [0.2, 0.25) is 0 Å². The van der Waals surface area contributed by atoms with Crippen LogP contribution >= 0.6 is 0 Å². The van der Waals surface area contributed by atoms with E-state index in [0.717, 1.165) is 11.1 Å². The number of rotatable bonds is 3. The molecule has 0 unspecified atom stereocenters. The first-order chi connectivity index (χ1) is 9.19. The largest absolute Gasteiger partial charge is 0.481 e. The van der Waals surface area contributed by atoms with Crippen molar-refractivity contribution in [1.29, 1.82) is 5.26 Å². The molecular formula is C14H13N3O2. The number of carbonyl (C=O) groups is 1. The van der Waals surface area contributed by atoms with Gasteiger partial charge in [0.05, 0.1) is 17.0 Å². The quantitative estimate of drug-likeness (QED) is 0.898. The molecule has 3 rings (SSSR count). The fourth-order valence-corrected chi connectivity index (χ4v) is 2.52. The van der Waals surface area contributed by atoms with Crippen LogP contribution in [0.25, 0.3) is 5.52 Å². The van der Waals surface area contributed by atoms with Gasteiger partial charge in [0.15, 0.2) is 0 Å². The van der Waals surface area contributed by atoms with Crippen LogP contribution in [0.4, 0.5) is 0 Å². The molecule has 0 amide bonds. The minimum atomic E-state index is -0.737. The lowest BCUT2D eigenvalue weighted by atomic mass is 9.99. The predicted octanol–water partition coefficient (Wildman–Crippen LogP) is 1.33. The van der Waals surface area contributed by atoms with Gasteiger partial charge in [0.1, 0.15) is 6.07 Å². The van der Waals surface area contributed by atoms with Crippen LogP contribution in [0.2, 0.25) is 0 Å². The van der Waals surface area contributed by atoms with Crippen molar-refractivity contribution >= 4 is 11.5 Å². The standard InChI is InChI=1S/C14H13N3O2/c15-5-12-10(6-16-7-11(8-16)14(18)19)9-17-4-2-1-3-13(12)17/h1-4,9,11H,6-8H2,(H,18,19). The maximum Gasteiger partial charge on any atom is 0.309 e. The van der Waals surface area contributed by atoms with Crippen molar-refractivity contribution in [3.05, 3.63) is 41.7 Å². The molecule has 0 saturated carbocycles. The van der Waals surface area contributed by atoms with Crippen LogP contribution in [0.15, 0.2) is 30.6 Å². The molecule has 5 nitrogen and oxygen atoms in total. The molecule has 0 spiro atoms. The van der Waals surface area contributed by atoms with Gasteiger partial charge >= 0.3 is 5.97 Å². The molecule has 3 heterocycles. The number of fused-ring (bicyclic) bond motifs is 1. The van der Waals surface area contributed by atoms with Crippen molar-refractivity contribution < 1.29 is 9.90 Å². The van der Waals surface area contributed by atoms with E-state index in [0.29, 0.717) is 25.2 Å². The van der Waals surface area contributed by atoms with Crippen LogP contribution in [0.1, 0.15) is 11.1 Å². The van der Waals surface area contributed by atoms with Crippen LogP contribution in [0, 0.1) is 17.2 Å². The topological polar surface area (TPSA) is 68.7 Å². The first-order valence-corrected chi connectivity index (χ1v) is 6.13. The number of pyridine rings is 1. The molecule has 2 aromatic rings. The van der Waals surface area contributed by atoms with E-state index in [1.165, 1.54) is 0 Å². The van der Waals surface area contributed by atoms with Crippen LogP contribution in [0.5, 0.6) is 0 Å². The Morgan fingerprint density at radius 2 is 2.26 bits per heavy atom. The smallest absolute Gasteiger partial charge is 0.309 e. The Labute approximate surface area is 110 Å². The summed E-state index contributed by atoms with van der Waals surface area (Å²) < 4.78 is 1.93. The Morgan fingerprint density at radius 1 is 1.47 bits per heavy atom. The summed E-state index contributed by atoms with van der Waals surface area (Å²) in [5.41, 5.74) is 2.53. The lowest BCUT2D eigenvalue weighted by Crippen LogP contribution is -2.49. The zero-order valence-corrected chi connectivity index (χ0v) is 10.3. The fraction of sp³-hybridized carbons (Fsp3) is 0.286. The summed E-state index contributed by atoms with van der Waals surface area (Å²) in [7, 11) is 0. The first kappa shape index (κ1) is 11.8. The first-order valence-electron chi connectivity index (χ1n) is 6.13. The SMILES string of the molecule is N#Cc1c(CN2CC(C(=O)O)C2)cn2ccccc12. The van der Waals surface area contributed by atoms with Crippen LogP contribution in [0.3, 0.4) is 0 Å². The molecule has 0 aromatic carbocycles. The number of aliphatic carboxylic acids is 1. The Bertz CT molecular complexity index is 678. The average Bonchev–Trinajstić information content (AvgIpc) is 2.69. The predicted molar refractivity (Wildman–Crippen MR) is 68.5 cm³/mol. The van der Waals surface area contributed by atoms with Crippen LogP contribution < -0.4 is 0 Å². The second-order valence-electron chi connectivity index (χ2n) is 4.86. The molecular weight excluding hydrogens is 242 g/mol. The van der Waals surface area contributed by atoms with E-state index in [9.17, 15) is 10.1 Å². The van der Waals surface area contributed by atoms with Crippen molar-refractivity contribution in [3.8, 4) is 6.07 Å². The number of carboxylic acids is 1. The van der Waals surface area contributed by atoms with Crippen molar-refractivity contribution in [2.75, 3.05) is 13.1 Å². The van der Waals surface area contributed by atoms with E-state index >= 15 is 0 Å². The third-order valence-electron chi connectivity index (χ3n) is 3.57. The molecule has 5 heteroatoms. The number of hydrogen-bond acceptors (Lipinski definition) is 3. The lowest BCUT2D eigenvalue weighted by Gasteiger charge is -2.36. The molecule has 0 radical (unpaired) electrons. The minimum absolute atomic E-state index is 0.262. The summed E-state index contributed by atoms with van der Waals surface area (Å²) in [6.07, 6.45) is 3.86. The number of likely N-dealkylation sites (tertiary alicyclic amines) is 1. The van der Waals surface area contributed by atoms with Gasteiger partial charge in [0.25, 0.3) is 0 Å². The highest BCUT2D eigenvalue weighted by molar-refractivity contribution is 5.71. The molecule has 1 N–H and O–H groups in total. The molecule has 1 fully saturated rings. The summed E-state index contributed by atoms with van der Waals surface area (Å²) in [6, 6.07) is 7.98. The van der Waals surface area contributed by atoms with Crippen LogP contribution in [-0.2, 0) is 11.3 Å². The number of nitriles is 1. The monoisotopic (exact) mass is 255 g/mol. The summed E-state index contributed by atoms with van der Waals surface area (Å²) in [5.74, 6) is -0.999. The van der Waals surface area contributed by atoms with Gasteiger partial charge < -0.3 is 9.51 Å². The zero-order valence-electron chi connectivity index (χ0n) is 10.3. The van der Waals surface area contributed by atoms with E-state index < -0.39 is 5.97 Å². The van der Waals surface area contributed by atoms with E-state index in [-0.39, 0.29) is 5.92 Å². The number of carboxylic acid groups (broad SMARTS) is 1. The second kappa shape index (κ2) is 4.41. The van der Waals surface area contributed by atoms with Gasteiger partial charge in [-0.15, -0.1) is 0 Å². The molecule has 0 bridgehead atoms. The zero-order chi connectivity index (χ0) is 13.4. The number of aromatic nitrogens is 1. The molecule has 1 aliphatic heterocycles. The van der Waals surface area contributed by atoms with Crippen LogP contribution in [-0.4, -0.2) is 33.5 Å². The highest BCUT2D eigenvalue weighted by Gasteiger charge is 2.32. The maximum absolute atomic E-state index is 10.8. The van der Waals surface area contributed by atoms with E-state index in [1.807, 2.05) is 35.0 Å². The van der Waals surface area contributed by atoms with Gasteiger partial charge in [-0.1, -0.05) is 6.07 Å². The third-order valence-corrected chi connectivity index (χ3v) is 3.57. The normalized spacial score (nSPS) is 16.2. The Balaban J connectivity index is 1.82. The maximum atomic E-state index is 10.8. The van der Waals surface area contributed by atoms with Gasteiger partial charge in [-0.3, -0.25) is 9.69 Å². The van der Waals surface area contributed by atoms with Gasteiger partial charge in [0, 0.05) is 37.6 Å². The van der Waals surface area contributed by atoms with E-state index in [1.54, 1.807) is 0 Å². The number of nitrogens with zero attached hydrogens (tertiary/aromatic N) is 3. The van der Waals surface area contributed by atoms with Crippen molar-refractivity contribution in [1.82, 2.24) is 9.30 Å². The Morgan fingerprint density at radius 3 is 2.95 bits per heavy atom. The lowest BCUT2D eigenvalue weighted by molar-refractivity contribution is -0.147. The summed E-state index contributed by atoms with van der Waals surface area (Å²) >= 11 is 0. The second-order valence-corrected chi connectivity index (χ2v) is 4.86. The molecule has 1 aliphatic rings. The highest BCUT2D eigenvalue weighted by Crippen LogP contribution is 2.23. The van der Waals surface area contributed by atoms with Gasteiger partial charge in [-0.2, -0.15) is 5.26 Å². The Kier molecular flexibility index (Phi) is 2.73. The van der Waals surface area contributed by atoms with E-state index in [4.69, 9.17) is 5.11 Å². The molecule has 96 valence electrons. The fourth-order valence-electron chi connectivity index (χ4n) is 2.52.